The number of nitrogens with one attached hydrogen (secondary N) is 1. The maximum absolute atomic E-state index is 5.63. The molecule has 1 aromatic rings. The Morgan fingerprint density at radius 2 is 2.10 bits per heavy atom. The van der Waals surface area contributed by atoms with E-state index in [9.17, 15) is 0 Å². The summed E-state index contributed by atoms with van der Waals surface area (Å²) in [5.74, 6) is 1.64. The summed E-state index contributed by atoms with van der Waals surface area (Å²) in [6, 6.07) is 6.79. The zero-order chi connectivity index (χ0) is 14.6. The molecule has 20 heavy (non-hydrogen) atoms. The van der Waals surface area contributed by atoms with Crippen molar-refractivity contribution in [2.24, 2.45) is 5.41 Å². The second-order valence-corrected chi connectivity index (χ2v) is 6.23. The van der Waals surface area contributed by atoms with Gasteiger partial charge in [-0.3, -0.25) is 0 Å². The van der Waals surface area contributed by atoms with Crippen LogP contribution >= 0.6 is 0 Å². The molecule has 0 aliphatic heterocycles. The van der Waals surface area contributed by atoms with Crippen molar-refractivity contribution in [2.45, 2.75) is 52.6 Å². The third kappa shape index (κ3) is 3.45. The van der Waals surface area contributed by atoms with Crippen molar-refractivity contribution in [1.29, 1.82) is 0 Å². The zero-order valence-corrected chi connectivity index (χ0v) is 13.2. The molecule has 0 bridgehead atoms. The number of methoxy groups -OCH3 is 1. The van der Waals surface area contributed by atoms with Gasteiger partial charge in [0.15, 0.2) is 11.5 Å². The van der Waals surface area contributed by atoms with Crippen LogP contribution in [0.3, 0.4) is 0 Å². The van der Waals surface area contributed by atoms with Gasteiger partial charge in [0.05, 0.1) is 13.7 Å². The van der Waals surface area contributed by atoms with E-state index in [1.165, 1.54) is 24.8 Å². The first-order valence-electron chi connectivity index (χ1n) is 7.60. The van der Waals surface area contributed by atoms with Crippen LogP contribution in [0.4, 0.5) is 0 Å². The van der Waals surface area contributed by atoms with Crippen LogP contribution in [0.25, 0.3) is 0 Å². The summed E-state index contributed by atoms with van der Waals surface area (Å²) in [5.41, 5.74) is 1.66. The van der Waals surface area contributed by atoms with Gasteiger partial charge in [0.25, 0.3) is 0 Å². The monoisotopic (exact) mass is 277 g/mol. The lowest BCUT2D eigenvalue weighted by Gasteiger charge is -2.28. The van der Waals surface area contributed by atoms with E-state index in [0.717, 1.165) is 18.0 Å². The fourth-order valence-corrected chi connectivity index (χ4v) is 3.05. The summed E-state index contributed by atoms with van der Waals surface area (Å²) in [4.78, 5) is 0. The summed E-state index contributed by atoms with van der Waals surface area (Å²) < 4.78 is 10.9. The fourth-order valence-electron chi connectivity index (χ4n) is 3.05. The SMILES string of the molecule is CCOc1cc(CNC2CCCC2(C)C)ccc1OC. The molecule has 0 radical (unpaired) electrons. The van der Waals surface area contributed by atoms with Gasteiger partial charge in [-0.25, -0.2) is 0 Å². The van der Waals surface area contributed by atoms with Crippen LogP contribution < -0.4 is 14.8 Å². The second kappa shape index (κ2) is 6.49. The lowest BCUT2D eigenvalue weighted by atomic mass is 9.87. The highest BCUT2D eigenvalue weighted by Gasteiger charge is 2.33. The summed E-state index contributed by atoms with van der Waals surface area (Å²) in [6.45, 7) is 8.25. The highest BCUT2D eigenvalue weighted by atomic mass is 16.5. The van der Waals surface area contributed by atoms with Crippen LogP contribution in [0.2, 0.25) is 0 Å². The van der Waals surface area contributed by atoms with E-state index in [2.05, 4.69) is 31.3 Å². The van der Waals surface area contributed by atoms with Gasteiger partial charge in [0.2, 0.25) is 0 Å². The molecular weight excluding hydrogens is 250 g/mol. The molecule has 1 aliphatic rings. The first-order chi connectivity index (χ1) is 9.56. The summed E-state index contributed by atoms with van der Waals surface area (Å²) in [5, 5.41) is 3.70. The Bertz CT molecular complexity index is 443. The number of hydrogen-bond acceptors (Lipinski definition) is 3. The van der Waals surface area contributed by atoms with Gasteiger partial charge in [-0.2, -0.15) is 0 Å². The molecule has 1 aliphatic carbocycles. The minimum atomic E-state index is 0.412. The Morgan fingerprint density at radius 3 is 2.70 bits per heavy atom. The van der Waals surface area contributed by atoms with E-state index in [-0.39, 0.29) is 0 Å². The average Bonchev–Trinajstić information content (AvgIpc) is 2.76. The van der Waals surface area contributed by atoms with Crippen molar-refractivity contribution in [2.75, 3.05) is 13.7 Å². The standard InChI is InChI=1S/C17H27NO2/c1-5-20-15-11-13(8-9-14(15)19-4)12-18-16-7-6-10-17(16,2)3/h8-9,11,16,18H,5-7,10,12H2,1-4H3. The lowest BCUT2D eigenvalue weighted by Crippen LogP contribution is -2.37. The molecule has 0 spiro atoms. The van der Waals surface area contributed by atoms with Gasteiger partial charge < -0.3 is 14.8 Å². The van der Waals surface area contributed by atoms with E-state index < -0.39 is 0 Å². The Morgan fingerprint density at radius 1 is 1.30 bits per heavy atom. The lowest BCUT2D eigenvalue weighted by molar-refractivity contribution is 0.282. The summed E-state index contributed by atoms with van der Waals surface area (Å²) in [6.07, 6.45) is 3.93. The predicted molar refractivity (Wildman–Crippen MR) is 82.4 cm³/mol. The number of hydrogen-bond donors (Lipinski definition) is 1. The minimum absolute atomic E-state index is 0.412. The van der Waals surface area contributed by atoms with Gasteiger partial charge in [0, 0.05) is 12.6 Å². The molecule has 3 heteroatoms. The van der Waals surface area contributed by atoms with Crippen LogP contribution in [0.1, 0.15) is 45.6 Å². The number of ether oxygens (including phenoxy) is 2. The molecule has 1 fully saturated rings. The molecule has 1 aromatic carbocycles. The maximum atomic E-state index is 5.63. The quantitative estimate of drug-likeness (QED) is 0.858. The van der Waals surface area contributed by atoms with Gasteiger partial charge in [0.1, 0.15) is 0 Å². The van der Waals surface area contributed by atoms with Gasteiger partial charge in [-0.1, -0.05) is 26.3 Å². The first kappa shape index (κ1) is 15.2. The van der Waals surface area contributed by atoms with Crippen molar-refractivity contribution >= 4 is 0 Å². The third-order valence-corrected chi connectivity index (χ3v) is 4.34. The van der Waals surface area contributed by atoms with E-state index in [4.69, 9.17) is 9.47 Å². The van der Waals surface area contributed by atoms with E-state index >= 15 is 0 Å². The molecule has 0 saturated heterocycles. The molecule has 1 unspecified atom stereocenters. The number of benzene rings is 1. The maximum Gasteiger partial charge on any atom is 0.161 e. The van der Waals surface area contributed by atoms with Gasteiger partial charge in [-0.15, -0.1) is 0 Å². The predicted octanol–water partition coefficient (Wildman–Crippen LogP) is 3.76. The fraction of sp³-hybridized carbons (Fsp3) is 0.647. The summed E-state index contributed by atoms with van der Waals surface area (Å²) in [7, 11) is 1.68. The van der Waals surface area contributed by atoms with Gasteiger partial charge >= 0.3 is 0 Å². The van der Waals surface area contributed by atoms with Crippen molar-refractivity contribution in [3.8, 4) is 11.5 Å². The molecule has 1 N–H and O–H groups in total. The number of rotatable bonds is 6. The van der Waals surface area contributed by atoms with Crippen LogP contribution in [0, 0.1) is 5.41 Å². The highest BCUT2D eigenvalue weighted by molar-refractivity contribution is 5.42. The largest absolute Gasteiger partial charge is 0.493 e. The van der Waals surface area contributed by atoms with Crippen LogP contribution in [-0.2, 0) is 6.54 Å². The Balaban J connectivity index is 2.01. The molecule has 1 atom stereocenters. The molecule has 0 heterocycles. The Hall–Kier alpha value is -1.22. The van der Waals surface area contributed by atoms with Crippen molar-refractivity contribution in [3.05, 3.63) is 23.8 Å². The van der Waals surface area contributed by atoms with E-state index in [0.29, 0.717) is 18.1 Å². The van der Waals surface area contributed by atoms with Crippen molar-refractivity contribution in [1.82, 2.24) is 5.32 Å². The minimum Gasteiger partial charge on any atom is -0.493 e. The van der Waals surface area contributed by atoms with E-state index in [1.54, 1.807) is 7.11 Å². The Kier molecular flexibility index (Phi) is 4.92. The molecule has 0 amide bonds. The average molecular weight is 277 g/mol. The third-order valence-electron chi connectivity index (χ3n) is 4.34. The Labute approximate surface area is 122 Å². The van der Waals surface area contributed by atoms with Crippen molar-refractivity contribution < 1.29 is 9.47 Å². The molecule has 3 nitrogen and oxygen atoms in total. The van der Waals surface area contributed by atoms with Gasteiger partial charge in [-0.05, 0) is 42.9 Å². The molecule has 0 aromatic heterocycles. The molecular formula is C17H27NO2. The topological polar surface area (TPSA) is 30.5 Å². The summed E-state index contributed by atoms with van der Waals surface area (Å²) >= 11 is 0. The first-order valence-corrected chi connectivity index (χ1v) is 7.60. The van der Waals surface area contributed by atoms with Crippen LogP contribution in [-0.4, -0.2) is 19.8 Å². The zero-order valence-electron chi connectivity index (χ0n) is 13.2. The van der Waals surface area contributed by atoms with Crippen LogP contribution in [0.15, 0.2) is 18.2 Å². The molecule has 112 valence electrons. The van der Waals surface area contributed by atoms with Crippen molar-refractivity contribution in [3.63, 3.8) is 0 Å². The van der Waals surface area contributed by atoms with Crippen LogP contribution in [0.5, 0.6) is 11.5 Å². The highest BCUT2D eigenvalue weighted by Crippen LogP contribution is 2.37. The van der Waals surface area contributed by atoms with E-state index in [1.807, 2.05) is 13.0 Å². The molecule has 1 saturated carbocycles. The normalized spacial score (nSPS) is 20.9. The smallest absolute Gasteiger partial charge is 0.161 e. The molecule has 2 rings (SSSR count). The second-order valence-electron chi connectivity index (χ2n) is 6.23.